The molecule has 8 heteroatoms. The fourth-order valence-corrected chi connectivity index (χ4v) is 3.77. The monoisotopic (exact) mass is 418 g/mol. The van der Waals surface area contributed by atoms with E-state index in [-0.39, 0.29) is 0 Å². The van der Waals surface area contributed by atoms with Crippen molar-refractivity contribution in [2.24, 2.45) is 11.8 Å². The third-order valence-corrected chi connectivity index (χ3v) is 5.15. The molecule has 0 aliphatic carbocycles. The number of hydrogen-bond donors (Lipinski definition) is 1. The van der Waals surface area contributed by atoms with Gasteiger partial charge in [0.1, 0.15) is 5.82 Å². The van der Waals surface area contributed by atoms with Gasteiger partial charge >= 0.3 is 0 Å². The van der Waals surface area contributed by atoms with Crippen LogP contribution >= 0.6 is 0 Å². The normalized spacial score (nSPS) is 11.7. The number of rotatable bonds is 8. The van der Waals surface area contributed by atoms with E-state index in [0.29, 0.717) is 17.7 Å². The van der Waals surface area contributed by atoms with Gasteiger partial charge < -0.3 is 4.57 Å². The van der Waals surface area contributed by atoms with Gasteiger partial charge in [0.25, 0.3) is 0 Å². The van der Waals surface area contributed by atoms with Gasteiger partial charge in [-0.2, -0.15) is 10.3 Å². The van der Waals surface area contributed by atoms with Crippen molar-refractivity contribution in [3.63, 3.8) is 0 Å². The molecule has 3 heterocycles. The molecule has 1 aromatic carbocycles. The Balaban J connectivity index is 1.59. The molecule has 4 aromatic rings. The second-order valence-electron chi connectivity index (χ2n) is 8.90. The molecule has 31 heavy (non-hydrogen) atoms. The van der Waals surface area contributed by atoms with E-state index in [1.165, 1.54) is 5.56 Å². The molecule has 0 bridgehead atoms. The van der Waals surface area contributed by atoms with Gasteiger partial charge in [-0.1, -0.05) is 39.8 Å². The number of hydrogen-bond acceptors (Lipinski definition) is 5. The van der Waals surface area contributed by atoms with Crippen molar-refractivity contribution in [1.82, 2.24) is 40.0 Å². The van der Waals surface area contributed by atoms with E-state index in [4.69, 9.17) is 10.1 Å². The van der Waals surface area contributed by atoms with Crippen LogP contribution in [0.4, 0.5) is 0 Å². The third-order valence-electron chi connectivity index (χ3n) is 5.15. The van der Waals surface area contributed by atoms with Crippen molar-refractivity contribution < 1.29 is 0 Å². The van der Waals surface area contributed by atoms with Crippen LogP contribution in [0, 0.1) is 18.8 Å². The first-order valence-corrected chi connectivity index (χ1v) is 10.8. The lowest BCUT2D eigenvalue weighted by Crippen LogP contribution is -2.10. The maximum Gasteiger partial charge on any atom is 0.221 e. The molecule has 0 radical (unpaired) electrons. The number of benzene rings is 1. The van der Waals surface area contributed by atoms with Gasteiger partial charge in [-0.15, -0.1) is 10.2 Å². The average Bonchev–Trinajstić information content (AvgIpc) is 3.43. The Bertz CT molecular complexity index is 1120. The molecule has 0 unspecified atom stereocenters. The van der Waals surface area contributed by atoms with Gasteiger partial charge in [-0.3, -0.25) is 0 Å². The van der Waals surface area contributed by atoms with Gasteiger partial charge in [-0.25, -0.2) is 9.67 Å². The van der Waals surface area contributed by atoms with Gasteiger partial charge in [-0.05, 0) is 53.8 Å². The predicted molar refractivity (Wildman–Crippen MR) is 120 cm³/mol. The predicted octanol–water partition coefficient (Wildman–Crippen LogP) is 4.00. The maximum atomic E-state index is 4.82. The lowest BCUT2D eigenvalue weighted by molar-refractivity contribution is 0.560. The molecule has 4 rings (SSSR count). The minimum absolute atomic E-state index is 0.539. The summed E-state index contributed by atoms with van der Waals surface area (Å²) in [6.45, 7) is 11.6. The average molecular weight is 419 g/mol. The summed E-state index contributed by atoms with van der Waals surface area (Å²) in [5.41, 5.74) is 4.28. The van der Waals surface area contributed by atoms with Gasteiger partial charge in [0.05, 0.1) is 12.2 Å². The van der Waals surface area contributed by atoms with Crippen molar-refractivity contribution >= 4 is 0 Å². The fraction of sp³-hybridized carbons (Fsp3) is 0.435. The molecule has 162 valence electrons. The van der Waals surface area contributed by atoms with Gasteiger partial charge in [0.2, 0.25) is 5.82 Å². The highest BCUT2D eigenvalue weighted by Gasteiger charge is 2.15. The minimum Gasteiger partial charge on any atom is -0.311 e. The number of aryl methyl sites for hydroxylation is 1. The van der Waals surface area contributed by atoms with Crippen molar-refractivity contribution in [1.29, 1.82) is 0 Å². The third kappa shape index (κ3) is 4.73. The van der Waals surface area contributed by atoms with E-state index in [9.17, 15) is 0 Å². The van der Waals surface area contributed by atoms with Crippen LogP contribution in [0.3, 0.4) is 0 Å². The Labute approximate surface area is 182 Å². The van der Waals surface area contributed by atoms with Crippen molar-refractivity contribution in [3.8, 4) is 17.2 Å². The number of nitrogens with zero attached hydrogens (tertiary/aromatic N) is 7. The van der Waals surface area contributed by atoms with E-state index in [1.54, 1.807) is 0 Å². The summed E-state index contributed by atoms with van der Waals surface area (Å²) < 4.78 is 4.20. The molecule has 0 spiro atoms. The van der Waals surface area contributed by atoms with Crippen molar-refractivity contribution in [2.75, 3.05) is 0 Å². The Morgan fingerprint density at radius 1 is 0.935 bits per heavy atom. The van der Waals surface area contributed by atoms with E-state index >= 15 is 0 Å². The summed E-state index contributed by atoms with van der Waals surface area (Å²) in [5.74, 6) is 3.67. The number of nitrogens with one attached hydrogen (secondary N) is 1. The standard InChI is InChI=1S/C23H30N8/c1-15(2)12-21-24-22(13-16(3)4)30(27-21)14-18-7-9-19(10-8-18)31-17(5)6-11-20(31)23-25-28-29-26-23/h6-11,15-16H,12-14H2,1-5H3,(H,25,26,28,29). The Morgan fingerprint density at radius 2 is 1.68 bits per heavy atom. The Morgan fingerprint density at radius 3 is 2.32 bits per heavy atom. The number of tetrazole rings is 1. The van der Waals surface area contributed by atoms with Crippen LogP contribution in [0.5, 0.6) is 0 Å². The van der Waals surface area contributed by atoms with E-state index in [1.807, 2.05) is 6.07 Å². The molecule has 0 aliphatic heterocycles. The number of aromatic nitrogens is 8. The second-order valence-corrected chi connectivity index (χ2v) is 8.90. The van der Waals surface area contributed by atoms with Crippen molar-refractivity contribution in [2.45, 2.75) is 54.0 Å². The molecule has 0 amide bonds. The van der Waals surface area contributed by atoms with Crippen LogP contribution in [0.15, 0.2) is 36.4 Å². The zero-order chi connectivity index (χ0) is 22.0. The summed E-state index contributed by atoms with van der Waals surface area (Å²) >= 11 is 0. The summed E-state index contributed by atoms with van der Waals surface area (Å²) in [6, 6.07) is 12.6. The molecule has 1 N–H and O–H groups in total. The summed E-state index contributed by atoms with van der Waals surface area (Å²) in [4.78, 5) is 4.82. The molecule has 0 fully saturated rings. The highest BCUT2D eigenvalue weighted by atomic mass is 15.5. The highest BCUT2D eigenvalue weighted by Crippen LogP contribution is 2.24. The quantitative estimate of drug-likeness (QED) is 0.467. The van der Waals surface area contributed by atoms with Gasteiger partial charge in [0, 0.05) is 24.2 Å². The highest BCUT2D eigenvalue weighted by molar-refractivity contribution is 5.56. The first-order chi connectivity index (χ1) is 14.9. The van der Waals surface area contributed by atoms with Crippen LogP contribution in [-0.2, 0) is 19.4 Å². The van der Waals surface area contributed by atoms with E-state index < -0.39 is 0 Å². The summed E-state index contributed by atoms with van der Waals surface area (Å²) in [6.07, 6.45) is 1.84. The topological polar surface area (TPSA) is 90.1 Å². The molecule has 3 aromatic heterocycles. The SMILES string of the molecule is Cc1ccc(-c2nn[nH]n2)n1-c1ccc(Cn2nc(CC(C)C)nc2CC(C)C)cc1. The minimum atomic E-state index is 0.539. The zero-order valence-electron chi connectivity index (χ0n) is 18.9. The van der Waals surface area contributed by atoms with Crippen molar-refractivity contribution in [3.05, 3.63) is 59.3 Å². The van der Waals surface area contributed by atoms with E-state index in [0.717, 1.165) is 48.1 Å². The summed E-state index contributed by atoms with van der Waals surface area (Å²) in [7, 11) is 0. The number of aromatic amines is 1. The first kappa shape index (κ1) is 21.0. The lowest BCUT2D eigenvalue weighted by Gasteiger charge is -2.12. The molecule has 8 nitrogen and oxygen atoms in total. The molecule has 0 atom stereocenters. The number of H-pyrrole nitrogens is 1. The fourth-order valence-electron chi connectivity index (χ4n) is 3.77. The summed E-state index contributed by atoms with van der Waals surface area (Å²) in [5, 5.41) is 19.3. The molecule has 0 saturated carbocycles. The largest absolute Gasteiger partial charge is 0.311 e. The molecule has 0 saturated heterocycles. The molecular formula is C23H30N8. The van der Waals surface area contributed by atoms with Crippen LogP contribution < -0.4 is 0 Å². The Kier molecular flexibility index (Phi) is 5.97. The zero-order valence-corrected chi connectivity index (χ0v) is 18.9. The van der Waals surface area contributed by atoms with Gasteiger partial charge in [0.15, 0.2) is 5.82 Å². The Hall–Kier alpha value is -3.29. The maximum absolute atomic E-state index is 4.82. The van der Waals surface area contributed by atoms with Crippen LogP contribution in [0.25, 0.3) is 17.2 Å². The smallest absolute Gasteiger partial charge is 0.221 e. The van der Waals surface area contributed by atoms with Crippen LogP contribution in [0.1, 0.15) is 50.6 Å². The lowest BCUT2D eigenvalue weighted by atomic mass is 10.1. The van der Waals surface area contributed by atoms with Crippen LogP contribution in [-0.4, -0.2) is 40.0 Å². The molecule has 0 aliphatic rings. The first-order valence-electron chi connectivity index (χ1n) is 10.8. The second kappa shape index (κ2) is 8.83. The molecular weight excluding hydrogens is 388 g/mol. The van der Waals surface area contributed by atoms with Crippen LogP contribution in [0.2, 0.25) is 0 Å². The van der Waals surface area contributed by atoms with E-state index in [2.05, 4.69) is 94.8 Å².